The molecular formula is C24H27N5O2. The summed E-state index contributed by atoms with van der Waals surface area (Å²) in [6, 6.07) is 9.91. The number of aryl methyl sites for hydroxylation is 1. The summed E-state index contributed by atoms with van der Waals surface area (Å²) < 4.78 is 7.34. The number of carbonyl (C=O) groups excluding carboxylic acids is 1. The molecule has 0 saturated carbocycles. The molecule has 160 valence electrons. The molecule has 1 unspecified atom stereocenters. The molecule has 1 aliphatic rings. The van der Waals surface area contributed by atoms with E-state index < -0.39 is 0 Å². The van der Waals surface area contributed by atoms with Crippen LogP contribution in [0.3, 0.4) is 0 Å². The van der Waals surface area contributed by atoms with E-state index in [0.717, 1.165) is 48.6 Å². The number of hydrogen-bond donors (Lipinski definition) is 1. The Hall–Kier alpha value is -3.29. The van der Waals surface area contributed by atoms with E-state index in [1.807, 2.05) is 31.4 Å². The van der Waals surface area contributed by atoms with Gasteiger partial charge in [0, 0.05) is 68.2 Å². The van der Waals surface area contributed by atoms with Crippen LogP contribution in [-0.2, 0) is 23.1 Å². The zero-order valence-electron chi connectivity index (χ0n) is 17.9. The van der Waals surface area contributed by atoms with Gasteiger partial charge in [0.1, 0.15) is 0 Å². The number of nitrogens with zero attached hydrogens (tertiary/aromatic N) is 4. The average molecular weight is 418 g/mol. The largest absolute Gasteiger partial charge is 0.376 e. The molecule has 4 rings (SSSR count). The number of pyridine rings is 1. The molecule has 1 saturated heterocycles. The Morgan fingerprint density at radius 3 is 2.84 bits per heavy atom. The van der Waals surface area contributed by atoms with Crippen LogP contribution in [0, 0.1) is 0 Å². The van der Waals surface area contributed by atoms with Gasteiger partial charge in [0.2, 0.25) is 5.91 Å². The Morgan fingerprint density at radius 2 is 2.10 bits per heavy atom. The molecule has 0 bridgehead atoms. The van der Waals surface area contributed by atoms with E-state index in [1.54, 1.807) is 29.3 Å². The summed E-state index contributed by atoms with van der Waals surface area (Å²) in [6.45, 7) is 5.66. The molecular weight excluding hydrogens is 390 g/mol. The van der Waals surface area contributed by atoms with Crippen molar-refractivity contribution < 1.29 is 9.53 Å². The van der Waals surface area contributed by atoms with E-state index in [2.05, 4.69) is 39.4 Å². The molecule has 0 spiro atoms. The van der Waals surface area contributed by atoms with E-state index in [9.17, 15) is 4.79 Å². The predicted octanol–water partition coefficient (Wildman–Crippen LogP) is 3.35. The van der Waals surface area contributed by atoms with Crippen LogP contribution < -0.4 is 5.32 Å². The second-order valence-electron chi connectivity index (χ2n) is 7.80. The van der Waals surface area contributed by atoms with Crippen LogP contribution in [0.25, 0.3) is 17.2 Å². The van der Waals surface area contributed by atoms with E-state index in [1.165, 1.54) is 11.6 Å². The maximum absolute atomic E-state index is 12.4. The van der Waals surface area contributed by atoms with Gasteiger partial charge in [0.05, 0.1) is 18.9 Å². The van der Waals surface area contributed by atoms with Gasteiger partial charge in [-0.15, -0.1) is 0 Å². The van der Waals surface area contributed by atoms with Crippen LogP contribution >= 0.6 is 0 Å². The lowest BCUT2D eigenvalue weighted by molar-refractivity contribution is -0.111. The van der Waals surface area contributed by atoms with Crippen LogP contribution in [0.5, 0.6) is 0 Å². The third-order valence-corrected chi connectivity index (χ3v) is 5.23. The molecule has 7 heteroatoms. The zero-order valence-corrected chi connectivity index (χ0v) is 17.9. The number of rotatable bonds is 6. The van der Waals surface area contributed by atoms with Crippen LogP contribution in [0.2, 0.25) is 0 Å². The normalized spacial score (nSPS) is 17.2. The summed E-state index contributed by atoms with van der Waals surface area (Å²) in [6.07, 6.45) is 10.8. The van der Waals surface area contributed by atoms with Crippen LogP contribution in [0.15, 0.2) is 61.2 Å². The number of amides is 1. The van der Waals surface area contributed by atoms with Crippen molar-refractivity contribution >= 4 is 17.7 Å². The fraction of sp³-hybridized carbons (Fsp3) is 0.292. The number of carbonyl (C=O) groups is 1. The lowest BCUT2D eigenvalue weighted by Crippen LogP contribution is -2.40. The van der Waals surface area contributed by atoms with Gasteiger partial charge in [-0.05, 0) is 42.3 Å². The van der Waals surface area contributed by atoms with Gasteiger partial charge in [-0.25, -0.2) is 0 Å². The minimum absolute atomic E-state index is 0.184. The molecule has 3 aromatic rings. The highest BCUT2D eigenvalue weighted by molar-refractivity contribution is 6.02. The fourth-order valence-corrected chi connectivity index (χ4v) is 3.70. The molecule has 0 radical (unpaired) electrons. The first kappa shape index (κ1) is 21.0. The number of morpholine rings is 1. The SMILES string of the molecule is CC1CN(Cc2ccc(NC(=O)/C=C/c3cnccc3-c3cnn(C)c3)cc2)CCO1. The minimum atomic E-state index is -0.184. The van der Waals surface area contributed by atoms with Crippen molar-refractivity contribution in [3.05, 3.63) is 72.3 Å². The number of anilines is 1. The summed E-state index contributed by atoms with van der Waals surface area (Å²) in [5, 5.41) is 7.13. The predicted molar refractivity (Wildman–Crippen MR) is 121 cm³/mol. The molecule has 31 heavy (non-hydrogen) atoms. The van der Waals surface area contributed by atoms with E-state index in [0.29, 0.717) is 0 Å². The second kappa shape index (κ2) is 9.68. The highest BCUT2D eigenvalue weighted by Gasteiger charge is 2.16. The first-order valence-corrected chi connectivity index (χ1v) is 10.4. The number of benzene rings is 1. The van der Waals surface area contributed by atoms with Crippen molar-refractivity contribution in [1.82, 2.24) is 19.7 Å². The van der Waals surface area contributed by atoms with Crippen molar-refractivity contribution in [1.29, 1.82) is 0 Å². The molecule has 2 aromatic heterocycles. The van der Waals surface area contributed by atoms with Gasteiger partial charge in [0.25, 0.3) is 0 Å². The second-order valence-corrected chi connectivity index (χ2v) is 7.80. The smallest absolute Gasteiger partial charge is 0.248 e. The first-order chi connectivity index (χ1) is 15.1. The standard InChI is InChI=1S/C24H27N5O2/c1-18-15-29(11-12-31-18)16-19-3-6-22(7-4-19)27-24(30)8-5-20-13-25-10-9-23(20)21-14-26-28(2)17-21/h3-10,13-14,17-18H,11-12,15-16H2,1-2H3,(H,27,30)/b8-5+. The molecule has 1 amide bonds. The fourth-order valence-electron chi connectivity index (χ4n) is 3.70. The summed E-state index contributed by atoms with van der Waals surface area (Å²) in [7, 11) is 1.88. The molecule has 3 heterocycles. The van der Waals surface area contributed by atoms with Gasteiger partial charge in [-0.2, -0.15) is 5.10 Å². The van der Waals surface area contributed by atoms with Crippen molar-refractivity contribution in [3.63, 3.8) is 0 Å². The lowest BCUT2D eigenvalue weighted by atomic mass is 10.0. The number of hydrogen-bond acceptors (Lipinski definition) is 5. The maximum atomic E-state index is 12.4. The molecule has 1 atom stereocenters. The van der Waals surface area contributed by atoms with E-state index in [-0.39, 0.29) is 12.0 Å². The Balaban J connectivity index is 1.36. The number of ether oxygens (including phenoxy) is 1. The Bertz CT molecular complexity index is 1060. The van der Waals surface area contributed by atoms with Crippen molar-refractivity contribution in [2.24, 2.45) is 7.05 Å². The van der Waals surface area contributed by atoms with Gasteiger partial charge in [0.15, 0.2) is 0 Å². The van der Waals surface area contributed by atoms with Gasteiger partial charge < -0.3 is 10.1 Å². The molecule has 1 aromatic carbocycles. The summed E-state index contributed by atoms with van der Waals surface area (Å²) >= 11 is 0. The van der Waals surface area contributed by atoms with Crippen molar-refractivity contribution in [3.8, 4) is 11.1 Å². The number of nitrogens with one attached hydrogen (secondary N) is 1. The molecule has 1 aliphatic heterocycles. The molecule has 1 fully saturated rings. The topological polar surface area (TPSA) is 72.3 Å². The highest BCUT2D eigenvalue weighted by atomic mass is 16.5. The van der Waals surface area contributed by atoms with E-state index >= 15 is 0 Å². The van der Waals surface area contributed by atoms with Gasteiger partial charge in [-0.3, -0.25) is 19.4 Å². The highest BCUT2D eigenvalue weighted by Crippen LogP contribution is 2.23. The van der Waals surface area contributed by atoms with Gasteiger partial charge >= 0.3 is 0 Å². The number of aromatic nitrogens is 3. The maximum Gasteiger partial charge on any atom is 0.248 e. The van der Waals surface area contributed by atoms with Gasteiger partial charge in [-0.1, -0.05) is 12.1 Å². The van der Waals surface area contributed by atoms with Crippen molar-refractivity contribution in [2.45, 2.75) is 19.6 Å². The minimum Gasteiger partial charge on any atom is -0.376 e. The lowest BCUT2D eigenvalue weighted by Gasteiger charge is -2.31. The Kier molecular flexibility index (Phi) is 6.54. The Labute approximate surface area is 182 Å². The van der Waals surface area contributed by atoms with E-state index in [4.69, 9.17) is 4.74 Å². The molecule has 1 N–H and O–H groups in total. The summed E-state index contributed by atoms with van der Waals surface area (Å²) in [5.74, 6) is -0.184. The molecule has 7 nitrogen and oxygen atoms in total. The quantitative estimate of drug-likeness (QED) is 0.623. The zero-order chi connectivity index (χ0) is 21.6. The summed E-state index contributed by atoms with van der Waals surface area (Å²) in [5.41, 5.74) is 4.82. The third kappa shape index (κ3) is 5.65. The van der Waals surface area contributed by atoms with Crippen LogP contribution in [-0.4, -0.2) is 51.4 Å². The summed E-state index contributed by atoms with van der Waals surface area (Å²) in [4.78, 5) is 19.0. The molecule has 0 aliphatic carbocycles. The Morgan fingerprint density at radius 1 is 1.26 bits per heavy atom. The monoisotopic (exact) mass is 417 g/mol. The van der Waals surface area contributed by atoms with Crippen LogP contribution in [0.4, 0.5) is 5.69 Å². The average Bonchev–Trinajstić information content (AvgIpc) is 3.20. The third-order valence-electron chi connectivity index (χ3n) is 5.23. The van der Waals surface area contributed by atoms with Crippen molar-refractivity contribution in [2.75, 3.05) is 25.0 Å². The first-order valence-electron chi connectivity index (χ1n) is 10.4. The van der Waals surface area contributed by atoms with Crippen LogP contribution in [0.1, 0.15) is 18.1 Å².